The van der Waals surface area contributed by atoms with Crippen LogP contribution in [0.5, 0.6) is 5.75 Å². The summed E-state index contributed by atoms with van der Waals surface area (Å²) in [5.74, 6) is -0.195. The van der Waals surface area contributed by atoms with Crippen LogP contribution in [0.15, 0.2) is 87.1 Å². The van der Waals surface area contributed by atoms with E-state index in [1.54, 1.807) is 36.0 Å². The Balaban J connectivity index is 1.21. The molecule has 5 unspecified atom stereocenters. The molecule has 4 aliphatic rings. The lowest BCUT2D eigenvalue weighted by atomic mass is 9.68. The first kappa shape index (κ1) is 26.8. The van der Waals surface area contributed by atoms with E-state index >= 15 is 0 Å². The number of thiazole rings is 1. The molecular weight excluding hydrogens is 656 g/mol. The van der Waals surface area contributed by atoms with Gasteiger partial charge in [0.1, 0.15) is 12.4 Å². The molecule has 3 heterocycles. The number of carbonyl (C=O) groups excluding carboxylic acids is 2. The lowest BCUT2D eigenvalue weighted by Crippen LogP contribution is -2.42. The number of carbonyl (C=O) groups is 2. The summed E-state index contributed by atoms with van der Waals surface area (Å²) in [5, 5.41) is 1.53. The summed E-state index contributed by atoms with van der Waals surface area (Å²) in [6.07, 6.45) is 0.827. The second-order valence-electron chi connectivity index (χ2n) is 11.4. The Morgan fingerprint density at radius 3 is 2.45 bits per heavy atom. The van der Waals surface area contributed by atoms with Crippen molar-refractivity contribution in [3.05, 3.63) is 108 Å². The molecule has 1 N–H and O–H groups in total. The van der Waals surface area contributed by atoms with E-state index in [0.29, 0.717) is 17.3 Å². The fourth-order valence-corrected chi connectivity index (χ4v) is 11.2. The molecule has 2 aliphatic carbocycles. The maximum atomic E-state index is 14.0. The summed E-state index contributed by atoms with van der Waals surface area (Å²) in [4.78, 5) is 45.9. The van der Waals surface area contributed by atoms with Gasteiger partial charge in [0.05, 0.1) is 22.5 Å². The van der Waals surface area contributed by atoms with Crippen LogP contribution < -0.4 is 14.5 Å². The van der Waals surface area contributed by atoms with Gasteiger partial charge in [-0.15, -0.1) is 11.8 Å². The second kappa shape index (κ2) is 10.1. The van der Waals surface area contributed by atoms with Gasteiger partial charge in [0, 0.05) is 31.1 Å². The van der Waals surface area contributed by atoms with Gasteiger partial charge in [-0.3, -0.25) is 19.3 Å². The highest BCUT2D eigenvalue weighted by atomic mass is 79.9. The van der Waals surface area contributed by atoms with E-state index in [-0.39, 0.29) is 57.4 Å². The van der Waals surface area contributed by atoms with E-state index in [0.717, 1.165) is 37.7 Å². The molecule has 4 aromatic rings. The Hall–Kier alpha value is -2.85. The van der Waals surface area contributed by atoms with Gasteiger partial charge in [-0.05, 0) is 72.2 Å². The number of nitrogens with one attached hydrogen (secondary N) is 1. The van der Waals surface area contributed by atoms with Gasteiger partial charge in [-0.2, -0.15) is 0 Å². The van der Waals surface area contributed by atoms with E-state index in [4.69, 9.17) is 16.3 Å². The van der Waals surface area contributed by atoms with E-state index < -0.39 is 0 Å². The van der Waals surface area contributed by atoms with Gasteiger partial charge in [0.2, 0.25) is 11.8 Å². The summed E-state index contributed by atoms with van der Waals surface area (Å²) in [5.41, 5.74) is 2.64. The Kier molecular flexibility index (Phi) is 6.44. The zero-order chi connectivity index (χ0) is 28.7. The first-order chi connectivity index (χ1) is 20.4. The van der Waals surface area contributed by atoms with Crippen molar-refractivity contribution in [1.29, 1.82) is 0 Å². The Morgan fingerprint density at radius 2 is 1.69 bits per heavy atom. The molecule has 2 aliphatic heterocycles. The van der Waals surface area contributed by atoms with Crippen molar-refractivity contribution in [3.63, 3.8) is 0 Å². The number of amides is 2. The average Bonchev–Trinajstić information content (AvgIpc) is 3.72. The largest absolute Gasteiger partial charge is 0.489 e. The zero-order valence-electron chi connectivity index (χ0n) is 22.0. The summed E-state index contributed by atoms with van der Waals surface area (Å²) in [6.45, 7) is 0.418. The summed E-state index contributed by atoms with van der Waals surface area (Å²) < 4.78 is 7.36. The first-order valence-corrected chi connectivity index (χ1v) is 16.7. The number of nitrogens with zero attached hydrogens (tertiary/aromatic N) is 1. The van der Waals surface area contributed by atoms with Crippen molar-refractivity contribution in [2.45, 2.75) is 29.2 Å². The third-order valence-corrected chi connectivity index (χ3v) is 12.7. The number of rotatable bonds is 5. The van der Waals surface area contributed by atoms with Crippen molar-refractivity contribution in [2.75, 3.05) is 4.90 Å². The molecule has 42 heavy (non-hydrogen) atoms. The fourth-order valence-electron chi connectivity index (χ4n) is 7.84. The Bertz CT molecular complexity index is 1790. The number of anilines is 1. The molecule has 10 heteroatoms. The summed E-state index contributed by atoms with van der Waals surface area (Å²) in [7, 11) is 0. The van der Waals surface area contributed by atoms with Crippen molar-refractivity contribution in [1.82, 2.24) is 4.98 Å². The first-order valence-electron chi connectivity index (χ1n) is 13.9. The number of hydrogen-bond acceptors (Lipinski definition) is 6. The molecule has 3 aromatic carbocycles. The molecule has 0 radical (unpaired) electrons. The lowest BCUT2D eigenvalue weighted by Gasteiger charge is -2.43. The van der Waals surface area contributed by atoms with Crippen LogP contribution in [0, 0.1) is 29.6 Å². The SMILES string of the molecule is O=C1C2C(C(=O)N1c1ccc(Cl)cc1)[C@@H]1C[C@H]2C2Sc3[nH]c(=O)sc3C(c3cc(Br)ccc3OCc3ccccc3)C21. The predicted octanol–water partition coefficient (Wildman–Crippen LogP) is 7.11. The second-order valence-corrected chi connectivity index (χ2v) is 15.0. The number of thioether (sulfide) groups is 1. The number of halogens is 2. The normalized spacial score (nSPS) is 29.0. The molecule has 2 amide bonds. The number of ether oxygens (including phenoxy) is 1. The molecule has 1 saturated heterocycles. The molecule has 7 atom stereocenters. The quantitative estimate of drug-likeness (QED) is 0.228. The molecular formula is C32H24BrClN2O4S2. The van der Waals surface area contributed by atoms with Gasteiger partial charge in [-0.1, -0.05) is 69.2 Å². The Morgan fingerprint density at radius 1 is 0.952 bits per heavy atom. The molecule has 8 rings (SSSR count). The Labute approximate surface area is 263 Å². The van der Waals surface area contributed by atoms with Crippen LogP contribution in [-0.2, 0) is 16.2 Å². The number of fused-ring (bicyclic) bond motifs is 9. The third kappa shape index (κ3) is 4.08. The molecule has 6 nitrogen and oxygen atoms in total. The number of aromatic nitrogens is 1. The summed E-state index contributed by atoms with van der Waals surface area (Å²) in [6, 6.07) is 23.0. The monoisotopic (exact) mass is 678 g/mol. The van der Waals surface area contributed by atoms with Crippen LogP contribution >= 0.6 is 50.6 Å². The van der Waals surface area contributed by atoms with Crippen molar-refractivity contribution >= 4 is 68.1 Å². The molecule has 2 bridgehead atoms. The standard InChI is InChI=1S/C32H24BrClN2O4S2/c33-16-6-11-22(40-14-15-4-2-1-3-5-15)19(12-16)23-24-20-13-21(27(24)41-29-28(23)42-32(39)35-29)26-25(20)30(37)36(31(26)38)18-9-7-17(34)8-10-18/h1-12,20-21,23-27H,13-14H2,(H,35,39)/t20-,21-,23?,24?,25?,26?,27?/m1/s1. The smallest absolute Gasteiger partial charge is 0.305 e. The molecule has 2 saturated carbocycles. The minimum atomic E-state index is -0.374. The summed E-state index contributed by atoms with van der Waals surface area (Å²) >= 11 is 12.7. The third-order valence-electron chi connectivity index (χ3n) is 9.35. The molecule has 3 fully saturated rings. The average molecular weight is 680 g/mol. The highest BCUT2D eigenvalue weighted by molar-refractivity contribution is 9.10. The number of imide groups is 1. The lowest BCUT2D eigenvalue weighted by molar-refractivity contribution is -0.123. The van der Waals surface area contributed by atoms with Crippen LogP contribution in [0.4, 0.5) is 5.69 Å². The number of benzene rings is 3. The number of hydrogen-bond donors (Lipinski definition) is 1. The van der Waals surface area contributed by atoms with Gasteiger partial charge in [-0.25, -0.2) is 0 Å². The van der Waals surface area contributed by atoms with Crippen LogP contribution in [0.3, 0.4) is 0 Å². The molecule has 212 valence electrons. The molecule has 1 aromatic heterocycles. The van der Waals surface area contributed by atoms with E-state index in [1.807, 2.05) is 42.5 Å². The fraction of sp³-hybridized carbons (Fsp3) is 0.281. The van der Waals surface area contributed by atoms with Crippen molar-refractivity contribution in [2.24, 2.45) is 29.6 Å². The minimum absolute atomic E-state index is 0.0163. The van der Waals surface area contributed by atoms with Crippen LogP contribution in [0.25, 0.3) is 0 Å². The van der Waals surface area contributed by atoms with E-state index in [1.165, 1.54) is 16.2 Å². The molecule has 0 spiro atoms. The van der Waals surface area contributed by atoms with Crippen molar-refractivity contribution in [3.8, 4) is 5.75 Å². The topological polar surface area (TPSA) is 79.5 Å². The predicted molar refractivity (Wildman–Crippen MR) is 167 cm³/mol. The van der Waals surface area contributed by atoms with Gasteiger partial charge >= 0.3 is 4.87 Å². The van der Waals surface area contributed by atoms with Crippen LogP contribution in [0.2, 0.25) is 5.02 Å². The number of aromatic amines is 1. The zero-order valence-corrected chi connectivity index (χ0v) is 26.0. The van der Waals surface area contributed by atoms with Gasteiger partial charge < -0.3 is 9.72 Å². The van der Waals surface area contributed by atoms with Crippen molar-refractivity contribution < 1.29 is 14.3 Å². The van der Waals surface area contributed by atoms with Gasteiger partial charge in [0.15, 0.2) is 0 Å². The maximum Gasteiger partial charge on any atom is 0.305 e. The van der Waals surface area contributed by atoms with Crippen LogP contribution in [-0.4, -0.2) is 22.0 Å². The minimum Gasteiger partial charge on any atom is -0.489 e. The van der Waals surface area contributed by atoms with Crippen LogP contribution in [0.1, 0.15) is 28.3 Å². The highest BCUT2D eigenvalue weighted by Gasteiger charge is 2.69. The van der Waals surface area contributed by atoms with E-state index in [9.17, 15) is 14.4 Å². The van der Waals surface area contributed by atoms with E-state index in [2.05, 4.69) is 27.0 Å². The van der Waals surface area contributed by atoms with Gasteiger partial charge in [0.25, 0.3) is 0 Å². The highest BCUT2D eigenvalue weighted by Crippen LogP contribution is 2.69. The maximum absolute atomic E-state index is 14.0. The number of H-pyrrole nitrogens is 1.